The van der Waals surface area contributed by atoms with Crippen molar-refractivity contribution in [3.8, 4) is 11.5 Å². The third-order valence-corrected chi connectivity index (χ3v) is 6.85. The van der Waals surface area contributed by atoms with Crippen molar-refractivity contribution in [2.45, 2.75) is 39.7 Å². The molecule has 0 amide bonds. The molecule has 224 valence electrons. The number of nitrogens with zero attached hydrogens (tertiary/aromatic N) is 1. The maximum Gasteiger partial charge on any atom is 0.357 e. The van der Waals surface area contributed by atoms with Gasteiger partial charge in [0.25, 0.3) is 0 Å². The topological polar surface area (TPSA) is 80.2 Å². The van der Waals surface area contributed by atoms with Crippen LogP contribution in [0.2, 0.25) is 0 Å². The molecule has 42 heavy (non-hydrogen) atoms. The third-order valence-electron chi connectivity index (χ3n) is 6.85. The van der Waals surface area contributed by atoms with Gasteiger partial charge in [0.2, 0.25) is 0 Å². The van der Waals surface area contributed by atoms with Gasteiger partial charge in [0.05, 0.1) is 31.0 Å². The SMILES string of the molecule is CCOC(=O)c1c(Nc2ccc(C(C)(C)C)cc2)c2ccccc2n1Cc1cc(OCCOC)cc(OCCOC)c1. The molecular formula is C34H42N2O6. The maximum atomic E-state index is 13.5. The molecule has 8 heteroatoms. The summed E-state index contributed by atoms with van der Waals surface area (Å²) in [6.07, 6.45) is 0. The Balaban J connectivity index is 1.78. The molecule has 0 atom stereocenters. The average Bonchev–Trinajstić information content (AvgIpc) is 3.26. The van der Waals surface area contributed by atoms with E-state index in [1.807, 2.05) is 66.1 Å². The first-order chi connectivity index (χ1) is 20.2. The van der Waals surface area contributed by atoms with Gasteiger partial charge in [-0.05, 0) is 53.8 Å². The predicted molar refractivity (Wildman–Crippen MR) is 167 cm³/mol. The number of anilines is 2. The Labute approximate surface area is 248 Å². The summed E-state index contributed by atoms with van der Waals surface area (Å²) in [5.41, 5.74) is 5.13. The molecular weight excluding hydrogens is 532 g/mol. The van der Waals surface area contributed by atoms with E-state index in [9.17, 15) is 4.79 Å². The van der Waals surface area contributed by atoms with Gasteiger partial charge in [-0.2, -0.15) is 0 Å². The number of ether oxygens (including phenoxy) is 5. The number of benzene rings is 3. The summed E-state index contributed by atoms with van der Waals surface area (Å²) in [5.74, 6) is 0.915. The summed E-state index contributed by atoms with van der Waals surface area (Å²) in [6.45, 7) is 10.8. The van der Waals surface area contributed by atoms with Crippen LogP contribution in [0.25, 0.3) is 10.9 Å². The van der Waals surface area contributed by atoms with E-state index in [4.69, 9.17) is 23.7 Å². The second kappa shape index (κ2) is 14.2. The molecule has 1 heterocycles. The number of nitrogens with one attached hydrogen (secondary N) is 1. The van der Waals surface area contributed by atoms with Crippen LogP contribution in [0.1, 0.15) is 49.3 Å². The lowest BCUT2D eigenvalue weighted by Gasteiger charge is -2.19. The molecule has 0 saturated heterocycles. The lowest BCUT2D eigenvalue weighted by Crippen LogP contribution is -2.15. The van der Waals surface area contributed by atoms with Crippen molar-refractivity contribution < 1.29 is 28.5 Å². The zero-order chi connectivity index (χ0) is 30.1. The van der Waals surface area contributed by atoms with Crippen molar-refractivity contribution in [1.82, 2.24) is 4.57 Å². The molecule has 0 bridgehead atoms. The van der Waals surface area contributed by atoms with Crippen LogP contribution in [0.15, 0.2) is 66.7 Å². The summed E-state index contributed by atoms with van der Waals surface area (Å²) >= 11 is 0. The first-order valence-corrected chi connectivity index (χ1v) is 14.3. The van der Waals surface area contributed by atoms with Gasteiger partial charge >= 0.3 is 5.97 Å². The van der Waals surface area contributed by atoms with Crippen LogP contribution in [-0.2, 0) is 26.2 Å². The van der Waals surface area contributed by atoms with E-state index in [-0.39, 0.29) is 12.0 Å². The van der Waals surface area contributed by atoms with E-state index in [0.29, 0.717) is 55.9 Å². The number of hydrogen-bond donors (Lipinski definition) is 1. The Morgan fingerprint density at radius 2 is 1.45 bits per heavy atom. The quantitative estimate of drug-likeness (QED) is 0.129. The number of methoxy groups -OCH3 is 2. The molecule has 0 fully saturated rings. The Kier molecular flexibility index (Phi) is 10.5. The first kappa shape index (κ1) is 30.9. The number of carbonyl (C=O) groups is 1. The smallest absolute Gasteiger partial charge is 0.357 e. The van der Waals surface area contributed by atoms with Crippen LogP contribution in [-0.4, -0.2) is 57.8 Å². The molecule has 1 N–H and O–H groups in total. The van der Waals surface area contributed by atoms with Gasteiger partial charge < -0.3 is 33.6 Å². The molecule has 0 radical (unpaired) electrons. The molecule has 0 aliphatic carbocycles. The number of aromatic nitrogens is 1. The molecule has 4 aromatic rings. The number of esters is 1. The largest absolute Gasteiger partial charge is 0.491 e. The molecule has 1 aromatic heterocycles. The number of carbonyl (C=O) groups excluding carboxylic acids is 1. The van der Waals surface area contributed by atoms with Crippen molar-refractivity contribution >= 4 is 28.2 Å². The minimum atomic E-state index is -0.397. The molecule has 0 aliphatic heterocycles. The second-order valence-corrected chi connectivity index (χ2v) is 11.0. The third kappa shape index (κ3) is 7.63. The van der Waals surface area contributed by atoms with Gasteiger partial charge in [0.15, 0.2) is 5.69 Å². The van der Waals surface area contributed by atoms with Gasteiger partial charge in [-0.3, -0.25) is 0 Å². The fourth-order valence-corrected chi connectivity index (χ4v) is 4.76. The van der Waals surface area contributed by atoms with Crippen LogP contribution in [0.5, 0.6) is 11.5 Å². The molecule has 8 nitrogen and oxygen atoms in total. The highest BCUT2D eigenvalue weighted by Gasteiger charge is 2.25. The van der Waals surface area contributed by atoms with Crippen LogP contribution in [0.4, 0.5) is 11.4 Å². The van der Waals surface area contributed by atoms with Gasteiger partial charge in [0.1, 0.15) is 24.7 Å². The number of rotatable bonds is 14. The van der Waals surface area contributed by atoms with Crippen molar-refractivity contribution in [2.24, 2.45) is 0 Å². The Hall–Kier alpha value is -4.01. The van der Waals surface area contributed by atoms with Crippen LogP contribution < -0.4 is 14.8 Å². The fraction of sp³-hybridized carbons (Fsp3) is 0.382. The highest BCUT2D eigenvalue weighted by molar-refractivity contribution is 6.08. The highest BCUT2D eigenvalue weighted by atomic mass is 16.5. The second-order valence-electron chi connectivity index (χ2n) is 11.0. The van der Waals surface area contributed by atoms with E-state index >= 15 is 0 Å². The maximum absolute atomic E-state index is 13.5. The van der Waals surface area contributed by atoms with Crippen molar-refractivity contribution in [3.05, 3.63) is 83.6 Å². The highest BCUT2D eigenvalue weighted by Crippen LogP contribution is 2.36. The van der Waals surface area contributed by atoms with Gasteiger partial charge in [0, 0.05) is 37.9 Å². The van der Waals surface area contributed by atoms with Crippen LogP contribution >= 0.6 is 0 Å². The summed E-state index contributed by atoms with van der Waals surface area (Å²) in [6, 6.07) is 22.1. The predicted octanol–water partition coefficient (Wildman–Crippen LogP) is 6.96. The Bertz CT molecular complexity index is 1440. The van der Waals surface area contributed by atoms with E-state index in [1.165, 1.54) is 5.56 Å². The molecule has 0 aliphatic rings. The first-order valence-electron chi connectivity index (χ1n) is 14.3. The number of fused-ring (bicyclic) bond motifs is 1. The summed E-state index contributed by atoms with van der Waals surface area (Å²) in [4.78, 5) is 13.5. The van der Waals surface area contributed by atoms with Crippen molar-refractivity contribution in [1.29, 1.82) is 0 Å². The monoisotopic (exact) mass is 574 g/mol. The normalized spacial score (nSPS) is 11.5. The average molecular weight is 575 g/mol. The van der Waals surface area contributed by atoms with E-state index in [0.717, 1.165) is 22.2 Å². The standard InChI is InChI=1S/C34H42N2O6/c1-7-40-33(37)32-31(35-26-14-12-25(13-15-26)34(2,3)4)29-10-8-9-11-30(29)36(32)23-24-20-27(41-18-16-38-5)22-28(21-24)42-19-17-39-6/h8-15,20-22,35H,7,16-19,23H2,1-6H3. The minimum absolute atomic E-state index is 0.0403. The molecule has 4 rings (SSSR count). The lowest BCUT2D eigenvalue weighted by atomic mass is 9.87. The number of para-hydroxylation sites is 1. The van der Waals surface area contributed by atoms with Gasteiger partial charge in [-0.1, -0.05) is 51.1 Å². The van der Waals surface area contributed by atoms with E-state index < -0.39 is 5.97 Å². The lowest BCUT2D eigenvalue weighted by molar-refractivity contribution is 0.0516. The molecule has 0 saturated carbocycles. The van der Waals surface area contributed by atoms with Crippen LogP contribution in [0.3, 0.4) is 0 Å². The Morgan fingerprint density at radius 1 is 0.833 bits per heavy atom. The van der Waals surface area contributed by atoms with Crippen molar-refractivity contribution in [3.63, 3.8) is 0 Å². The van der Waals surface area contributed by atoms with E-state index in [2.05, 4.69) is 38.2 Å². The fourth-order valence-electron chi connectivity index (χ4n) is 4.76. The zero-order valence-corrected chi connectivity index (χ0v) is 25.5. The summed E-state index contributed by atoms with van der Waals surface area (Å²) < 4.78 is 29.8. The summed E-state index contributed by atoms with van der Waals surface area (Å²) in [5, 5.41) is 4.45. The number of hydrogen-bond acceptors (Lipinski definition) is 7. The molecule has 0 unspecified atom stereocenters. The van der Waals surface area contributed by atoms with Gasteiger partial charge in [-0.15, -0.1) is 0 Å². The summed E-state index contributed by atoms with van der Waals surface area (Å²) in [7, 11) is 3.27. The van der Waals surface area contributed by atoms with E-state index in [1.54, 1.807) is 14.2 Å². The Morgan fingerprint density at radius 3 is 2.02 bits per heavy atom. The van der Waals surface area contributed by atoms with Crippen LogP contribution in [0, 0.1) is 0 Å². The molecule has 0 spiro atoms. The van der Waals surface area contributed by atoms with Gasteiger partial charge in [-0.25, -0.2) is 4.79 Å². The minimum Gasteiger partial charge on any atom is -0.491 e. The van der Waals surface area contributed by atoms with Crippen molar-refractivity contribution in [2.75, 3.05) is 52.6 Å². The molecule has 3 aromatic carbocycles. The zero-order valence-electron chi connectivity index (χ0n) is 25.5.